The van der Waals surface area contributed by atoms with Crippen molar-refractivity contribution in [3.05, 3.63) is 101 Å². The van der Waals surface area contributed by atoms with Crippen molar-refractivity contribution in [2.24, 2.45) is 0 Å². The third-order valence-electron chi connectivity index (χ3n) is 6.26. The summed E-state index contributed by atoms with van der Waals surface area (Å²) < 4.78 is 11.8. The lowest BCUT2D eigenvalue weighted by Crippen LogP contribution is -2.26. The van der Waals surface area contributed by atoms with Crippen molar-refractivity contribution >= 4 is 22.7 Å². The number of rotatable bonds is 12. The maximum absolute atomic E-state index is 13.4. The summed E-state index contributed by atoms with van der Waals surface area (Å²) in [5, 5.41) is 3.87. The van der Waals surface area contributed by atoms with Gasteiger partial charge in [0, 0.05) is 23.8 Å². The number of furan rings is 1. The van der Waals surface area contributed by atoms with Crippen LogP contribution < -0.4 is 10.1 Å². The number of unbranched alkanes of at least 4 members (excludes halogenated alkanes) is 1. The van der Waals surface area contributed by atoms with Crippen LogP contribution in [0, 0.1) is 0 Å². The van der Waals surface area contributed by atoms with Gasteiger partial charge in [-0.1, -0.05) is 61.9 Å². The fourth-order valence-electron chi connectivity index (χ4n) is 4.27. The van der Waals surface area contributed by atoms with Gasteiger partial charge < -0.3 is 14.5 Å². The van der Waals surface area contributed by atoms with Gasteiger partial charge in [-0.15, -0.1) is 0 Å². The number of carbonyl (C=O) groups is 2. The first-order valence-electron chi connectivity index (χ1n) is 12.7. The molecule has 1 N–H and O–H groups in total. The zero-order valence-electron chi connectivity index (χ0n) is 21.0. The van der Waals surface area contributed by atoms with Crippen LogP contribution in [0.5, 0.6) is 5.75 Å². The summed E-state index contributed by atoms with van der Waals surface area (Å²) in [4.78, 5) is 25.6. The number of ketones is 1. The molecule has 186 valence electrons. The molecule has 5 nitrogen and oxygen atoms in total. The van der Waals surface area contributed by atoms with E-state index >= 15 is 0 Å². The third kappa shape index (κ3) is 6.22. The maximum atomic E-state index is 13.4. The molecule has 0 aliphatic heterocycles. The zero-order valence-corrected chi connectivity index (χ0v) is 21.0. The van der Waals surface area contributed by atoms with Crippen molar-refractivity contribution in [1.82, 2.24) is 5.32 Å². The second-order valence-electron chi connectivity index (χ2n) is 9.01. The smallest absolute Gasteiger partial charge is 0.220 e. The summed E-state index contributed by atoms with van der Waals surface area (Å²) in [5.41, 5.74) is 3.08. The van der Waals surface area contributed by atoms with E-state index in [1.54, 1.807) is 24.3 Å². The SMILES string of the molecule is CCCCc1oc2ccccc2c1C(=O)c1ccc(OCCCC(=O)N[C@H](C)c2ccccc2)cc1. The van der Waals surface area contributed by atoms with Crippen molar-refractivity contribution in [2.45, 2.75) is 52.0 Å². The van der Waals surface area contributed by atoms with E-state index in [2.05, 4.69) is 12.2 Å². The predicted octanol–water partition coefficient (Wildman–Crippen LogP) is 7.04. The summed E-state index contributed by atoms with van der Waals surface area (Å²) in [6.45, 7) is 4.53. The van der Waals surface area contributed by atoms with Crippen molar-refractivity contribution in [3.63, 3.8) is 0 Å². The molecular weight excluding hydrogens is 450 g/mol. The Balaban J connectivity index is 1.31. The molecule has 0 radical (unpaired) electrons. The Morgan fingerprint density at radius 3 is 2.39 bits per heavy atom. The van der Waals surface area contributed by atoms with Crippen molar-refractivity contribution in [1.29, 1.82) is 0 Å². The standard InChI is InChI=1S/C31H33NO4/c1-3-4-14-28-30(26-13-8-9-15-27(26)36-28)31(34)24-17-19-25(20-18-24)35-21-10-16-29(33)32-22(2)23-11-6-5-7-12-23/h5-9,11-13,15,17-20,22H,3-4,10,14,16,21H2,1-2H3,(H,32,33)/t22-/m1/s1. The number of fused-ring (bicyclic) bond motifs is 1. The highest BCUT2D eigenvalue weighted by Crippen LogP contribution is 2.30. The summed E-state index contributed by atoms with van der Waals surface area (Å²) in [6.07, 6.45) is 3.74. The van der Waals surface area contributed by atoms with Gasteiger partial charge in [-0.25, -0.2) is 0 Å². The van der Waals surface area contributed by atoms with Gasteiger partial charge in [0.25, 0.3) is 0 Å². The number of ether oxygens (including phenoxy) is 1. The van der Waals surface area contributed by atoms with Crippen LogP contribution in [0.2, 0.25) is 0 Å². The van der Waals surface area contributed by atoms with E-state index in [0.29, 0.717) is 36.3 Å². The van der Waals surface area contributed by atoms with Crippen LogP contribution in [-0.4, -0.2) is 18.3 Å². The molecule has 0 fully saturated rings. The Labute approximate surface area is 212 Å². The van der Waals surface area contributed by atoms with E-state index in [1.165, 1.54) is 0 Å². The lowest BCUT2D eigenvalue weighted by atomic mass is 9.98. The summed E-state index contributed by atoms with van der Waals surface area (Å²) in [6, 6.07) is 24.7. The lowest BCUT2D eigenvalue weighted by Gasteiger charge is -2.14. The molecule has 0 saturated heterocycles. The fraction of sp³-hybridized carbons (Fsp3) is 0.290. The van der Waals surface area contributed by atoms with E-state index in [9.17, 15) is 9.59 Å². The Hall–Kier alpha value is -3.86. The molecule has 0 spiro atoms. The highest BCUT2D eigenvalue weighted by molar-refractivity contribution is 6.16. The Bertz CT molecular complexity index is 1290. The number of aryl methyl sites for hydroxylation is 1. The van der Waals surface area contributed by atoms with Gasteiger partial charge in [0.05, 0.1) is 18.2 Å². The molecule has 1 aromatic heterocycles. The molecule has 0 saturated carbocycles. The highest BCUT2D eigenvalue weighted by atomic mass is 16.5. The first-order valence-corrected chi connectivity index (χ1v) is 12.7. The van der Waals surface area contributed by atoms with Crippen LogP contribution in [0.15, 0.2) is 83.3 Å². The van der Waals surface area contributed by atoms with Gasteiger partial charge >= 0.3 is 0 Å². The minimum absolute atomic E-state index is 0.00196. The summed E-state index contributed by atoms with van der Waals surface area (Å²) >= 11 is 0. The molecule has 5 heteroatoms. The van der Waals surface area contributed by atoms with Crippen LogP contribution in [0.25, 0.3) is 11.0 Å². The van der Waals surface area contributed by atoms with E-state index < -0.39 is 0 Å². The molecule has 0 bridgehead atoms. The van der Waals surface area contributed by atoms with E-state index in [4.69, 9.17) is 9.15 Å². The summed E-state index contributed by atoms with van der Waals surface area (Å²) in [5.74, 6) is 1.39. The normalized spacial score (nSPS) is 11.8. The van der Waals surface area contributed by atoms with Gasteiger partial charge in [-0.3, -0.25) is 9.59 Å². The molecule has 36 heavy (non-hydrogen) atoms. The zero-order chi connectivity index (χ0) is 25.3. The van der Waals surface area contributed by atoms with Gasteiger partial charge in [-0.2, -0.15) is 0 Å². The van der Waals surface area contributed by atoms with Crippen molar-refractivity contribution in [3.8, 4) is 5.75 Å². The van der Waals surface area contributed by atoms with Gasteiger partial charge in [0.1, 0.15) is 17.1 Å². The van der Waals surface area contributed by atoms with Gasteiger partial charge in [0.2, 0.25) is 5.91 Å². The highest BCUT2D eigenvalue weighted by Gasteiger charge is 2.21. The molecule has 4 aromatic rings. The van der Waals surface area contributed by atoms with E-state index in [0.717, 1.165) is 41.6 Å². The van der Waals surface area contributed by atoms with E-state index in [-0.39, 0.29) is 17.7 Å². The Morgan fingerprint density at radius 2 is 1.64 bits per heavy atom. The van der Waals surface area contributed by atoms with Crippen molar-refractivity contribution in [2.75, 3.05) is 6.61 Å². The number of nitrogens with one attached hydrogen (secondary N) is 1. The van der Waals surface area contributed by atoms with Gasteiger partial charge in [-0.05, 0) is 55.7 Å². The van der Waals surface area contributed by atoms with Crippen LogP contribution in [0.4, 0.5) is 0 Å². The monoisotopic (exact) mass is 483 g/mol. The van der Waals surface area contributed by atoms with E-state index in [1.807, 2.05) is 61.5 Å². The van der Waals surface area contributed by atoms with Crippen molar-refractivity contribution < 1.29 is 18.7 Å². The summed E-state index contributed by atoms with van der Waals surface area (Å²) in [7, 11) is 0. The molecule has 0 unspecified atom stereocenters. The molecule has 0 aliphatic carbocycles. The molecular formula is C31H33NO4. The first kappa shape index (κ1) is 25.2. The third-order valence-corrected chi connectivity index (χ3v) is 6.26. The topological polar surface area (TPSA) is 68.5 Å². The average Bonchev–Trinajstić information content (AvgIpc) is 3.28. The second-order valence-corrected chi connectivity index (χ2v) is 9.01. The fourth-order valence-corrected chi connectivity index (χ4v) is 4.27. The Kier molecular flexibility index (Phi) is 8.56. The number of hydrogen-bond donors (Lipinski definition) is 1. The number of para-hydroxylation sites is 1. The molecule has 4 rings (SSSR count). The van der Waals surface area contributed by atoms with Crippen LogP contribution in [-0.2, 0) is 11.2 Å². The Morgan fingerprint density at radius 1 is 0.917 bits per heavy atom. The number of amides is 1. The van der Waals surface area contributed by atoms with Crippen LogP contribution >= 0.6 is 0 Å². The number of hydrogen-bond acceptors (Lipinski definition) is 4. The quantitative estimate of drug-likeness (QED) is 0.173. The minimum atomic E-state index is -0.0400. The first-order chi connectivity index (χ1) is 17.6. The maximum Gasteiger partial charge on any atom is 0.220 e. The predicted molar refractivity (Wildman–Crippen MR) is 142 cm³/mol. The minimum Gasteiger partial charge on any atom is -0.494 e. The molecule has 1 atom stereocenters. The van der Waals surface area contributed by atoms with Crippen LogP contribution in [0.1, 0.15) is 72.8 Å². The molecule has 0 aliphatic rings. The second kappa shape index (κ2) is 12.2. The lowest BCUT2D eigenvalue weighted by molar-refractivity contribution is -0.121. The average molecular weight is 484 g/mol. The molecule has 1 heterocycles. The van der Waals surface area contributed by atoms with Crippen LogP contribution in [0.3, 0.4) is 0 Å². The molecule has 1 amide bonds. The largest absolute Gasteiger partial charge is 0.494 e. The molecule has 3 aromatic carbocycles. The number of carbonyl (C=O) groups excluding carboxylic acids is 2. The number of benzene rings is 3. The van der Waals surface area contributed by atoms with Gasteiger partial charge in [0.15, 0.2) is 5.78 Å².